The molecule has 0 bridgehead atoms. The fourth-order valence-electron chi connectivity index (χ4n) is 2.10. The predicted octanol–water partition coefficient (Wildman–Crippen LogP) is 0.287. The maximum Gasteiger partial charge on any atom is 0.308 e. The lowest BCUT2D eigenvalue weighted by Gasteiger charge is -2.34. The van der Waals surface area contributed by atoms with Gasteiger partial charge in [-0.15, -0.1) is 0 Å². The van der Waals surface area contributed by atoms with Crippen LogP contribution in [0, 0.1) is 11.3 Å². The zero-order valence-corrected chi connectivity index (χ0v) is 6.67. The average molecular weight is 155 g/mol. The Morgan fingerprint density at radius 2 is 2.09 bits per heavy atom. The molecule has 11 heavy (non-hydrogen) atoms. The summed E-state index contributed by atoms with van der Waals surface area (Å²) >= 11 is 0. The monoisotopic (exact) mass is 155 g/mol. The highest BCUT2D eigenvalue weighted by Crippen LogP contribution is 2.62. The van der Waals surface area contributed by atoms with Crippen molar-refractivity contribution in [3.05, 3.63) is 0 Å². The van der Waals surface area contributed by atoms with Gasteiger partial charge in [0.2, 0.25) is 0 Å². The highest BCUT2D eigenvalue weighted by atomic mass is 16.5. The van der Waals surface area contributed by atoms with Gasteiger partial charge in [0.15, 0.2) is 0 Å². The first-order valence-corrected chi connectivity index (χ1v) is 4.01. The van der Waals surface area contributed by atoms with Gasteiger partial charge >= 0.3 is 5.97 Å². The number of carbonyl (C=O) groups excluding carboxylic acids is 1. The van der Waals surface area contributed by atoms with Gasteiger partial charge in [-0.1, -0.05) is 0 Å². The molecule has 2 aliphatic rings. The van der Waals surface area contributed by atoms with Gasteiger partial charge in [-0.05, 0) is 24.7 Å². The number of nitrogens with two attached hydrogens (primary N) is 1. The number of methoxy groups -OCH3 is 1. The number of carbonyl (C=O) groups is 1. The predicted molar refractivity (Wildman–Crippen MR) is 39.8 cm³/mol. The van der Waals surface area contributed by atoms with Gasteiger partial charge in [0.25, 0.3) is 0 Å². The highest BCUT2D eigenvalue weighted by Gasteiger charge is 2.61. The number of rotatable bonds is 1. The number of ether oxygens (including phenoxy) is 1. The second kappa shape index (κ2) is 1.97. The molecule has 0 aromatic heterocycles. The van der Waals surface area contributed by atoms with Crippen molar-refractivity contribution >= 4 is 5.97 Å². The molecule has 62 valence electrons. The molecule has 2 saturated carbocycles. The zero-order valence-electron chi connectivity index (χ0n) is 6.67. The van der Waals surface area contributed by atoms with Crippen LogP contribution >= 0.6 is 0 Å². The maximum atomic E-state index is 11.0. The zero-order chi connectivity index (χ0) is 8.06. The standard InChI is InChI=1S/C8H13NO2/c1-11-7(10)5-2-8(3-5)4-6(8)9/h5-6H,2-4,9H2,1H3. The summed E-state index contributed by atoms with van der Waals surface area (Å²) in [5, 5.41) is 0. The van der Waals surface area contributed by atoms with E-state index in [-0.39, 0.29) is 11.9 Å². The molecular weight excluding hydrogens is 142 g/mol. The Kier molecular flexibility index (Phi) is 1.27. The Hall–Kier alpha value is -0.570. The van der Waals surface area contributed by atoms with Gasteiger partial charge in [-0.2, -0.15) is 0 Å². The van der Waals surface area contributed by atoms with Crippen molar-refractivity contribution in [1.82, 2.24) is 0 Å². The molecule has 0 aliphatic heterocycles. The SMILES string of the molecule is COC(=O)C1CC2(C1)CC2N. The van der Waals surface area contributed by atoms with E-state index in [1.807, 2.05) is 0 Å². The van der Waals surface area contributed by atoms with E-state index >= 15 is 0 Å². The van der Waals surface area contributed by atoms with Crippen LogP contribution in [0.1, 0.15) is 19.3 Å². The summed E-state index contributed by atoms with van der Waals surface area (Å²) in [7, 11) is 1.44. The van der Waals surface area contributed by atoms with Crippen molar-refractivity contribution in [1.29, 1.82) is 0 Å². The van der Waals surface area contributed by atoms with Gasteiger partial charge < -0.3 is 10.5 Å². The average Bonchev–Trinajstić information content (AvgIpc) is 2.57. The summed E-state index contributed by atoms with van der Waals surface area (Å²) < 4.78 is 4.63. The summed E-state index contributed by atoms with van der Waals surface area (Å²) in [4.78, 5) is 11.0. The molecule has 2 aliphatic carbocycles. The Bertz CT molecular complexity index is 196. The van der Waals surface area contributed by atoms with Crippen LogP contribution in [0.3, 0.4) is 0 Å². The second-order valence-electron chi connectivity index (χ2n) is 3.80. The molecule has 0 aromatic rings. The third-order valence-electron chi connectivity index (χ3n) is 3.09. The Morgan fingerprint density at radius 1 is 1.55 bits per heavy atom. The van der Waals surface area contributed by atoms with Crippen LogP contribution in [-0.2, 0) is 9.53 Å². The smallest absolute Gasteiger partial charge is 0.308 e. The first-order valence-electron chi connectivity index (χ1n) is 4.01. The molecule has 2 fully saturated rings. The van der Waals surface area contributed by atoms with Crippen LogP contribution in [0.15, 0.2) is 0 Å². The van der Waals surface area contributed by atoms with Crippen molar-refractivity contribution < 1.29 is 9.53 Å². The topological polar surface area (TPSA) is 52.3 Å². The molecule has 2 rings (SSSR count). The van der Waals surface area contributed by atoms with Crippen molar-refractivity contribution in [2.75, 3.05) is 7.11 Å². The molecule has 2 N–H and O–H groups in total. The van der Waals surface area contributed by atoms with Crippen molar-refractivity contribution in [2.45, 2.75) is 25.3 Å². The first-order chi connectivity index (χ1) is 5.18. The van der Waals surface area contributed by atoms with Crippen LogP contribution in [0.2, 0.25) is 0 Å². The van der Waals surface area contributed by atoms with Crippen LogP contribution < -0.4 is 5.73 Å². The van der Waals surface area contributed by atoms with Crippen molar-refractivity contribution in [3.8, 4) is 0 Å². The van der Waals surface area contributed by atoms with E-state index < -0.39 is 0 Å². The van der Waals surface area contributed by atoms with E-state index in [4.69, 9.17) is 5.73 Å². The maximum absolute atomic E-state index is 11.0. The van der Waals surface area contributed by atoms with Gasteiger partial charge in [-0.25, -0.2) is 0 Å². The molecule has 0 radical (unpaired) electrons. The first kappa shape index (κ1) is 7.10. The number of hydrogen-bond donors (Lipinski definition) is 1. The summed E-state index contributed by atoms with van der Waals surface area (Å²) in [5.41, 5.74) is 6.07. The lowest BCUT2D eigenvalue weighted by Crippen LogP contribution is -2.36. The molecule has 1 atom stereocenters. The molecule has 1 unspecified atom stereocenters. The third kappa shape index (κ3) is 0.872. The summed E-state index contributed by atoms with van der Waals surface area (Å²) in [6, 6.07) is 0.364. The van der Waals surface area contributed by atoms with E-state index in [1.54, 1.807) is 0 Å². The van der Waals surface area contributed by atoms with E-state index in [9.17, 15) is 4.79 Å². The van der Waals surface area contributed by atoms with Gasteiger partial charge in [0.05, 0.1) is 13.0 Å². The fraction of sp³-hybridized carbons (Fsp3) is 0.875. The van der Waals surface area contributed by atoms with Crippen molar-refractivity contribution in [2.24, 2.45) is 17.1 Å². The molecule has 3 heteroatoms. The molecular formula is C8H13NO2. The van der Waals surface area contributed by atoms with Crippen LogP contribution in [0.5, 0.6) is 0 Å². The minimum absolute atomic E-state index is 0.0604. The van der Waals surface area contributed by atoms with Gasteiger partial charge in [0, 0.05) is 6.04 Å². The Morgan fingerprint density at radius 3 is 2.45 bits per heavy atom. The second-order valence-corrected chi connectivity index (χ2v) is 3.80. The summed E-state index contributed by atoms with van der Waals surface area (Å²) in [5.74, 6) is 0.0864. The van der Waals surface area contributed by atoms with E-state index in [2.05, 4.69) is 4.74 Å². The molecule has 0 saturated heterocycles. The van der Waals surface area contributed by atoms with Crippen LogP contribution in [-0.4, -0.2) is 19.1 Å². The minimum Gasteiger partial charge on any atom is -0.469 e. The quantitative estimate of drug-likeness (QED) is 0.553. The number of hydrogen-bond acceptors (Lipinski definition) is 3. The highest BCUT2D eigenvalue weighted by molar-refractivity contribution is 5.74. The molecule has 0 amide bonds. The lowest BCUT2D eigenvalue weighted by molar-refractivity contribution is -0.150. The third-order valence-corrected chi connectivity index (χ3v) is 3.09. The molecule has 0 aromatic carbocycles. The number of esters is 1. The van der Waals surface area contributed by atoms with Crippen LogP contribution in [0.25, 0.3) is 0 Å². The van der Waals surface area contributed by atoms with Crippen LogP contribution in [0.4, 0.5) is 0 Å². The largest absolute Gasteiger partial charge is 0.469 e. The molecule has 0 heterocycles. The normalized spacial score (nSPS) is 46.7. The fourth-order valence-corrected chi connectivity index (χ4v) is 2.10. The minimum atomic E-state index is -0.0604. The van der Waals surface area contributed by atoms with Gasteiger partial charge in [-0.3, -0.25) is 4.79 Å². The Balaban J connectivity index is 1.85. The Labute approximate surface area is 65.9 Å². The van der Waals surface area contributed by atoms with E-state index in [0.717, 1.165) is 19.3 Å². The lowest BCUT2D eigenvalue weighted by atomic mass is 9.71. The molecule has 3 nitrogen and oxygen atoms in total. The summed E-state index contributed by atoms with van der Waals surface area (Å²) in [6.45, 7) is 0. The van der Waals surface area contributed by atoms with E-state index in [1.165, 1.54) is 7.11 Å². The summed E-state index contributed by atoms with van der Waals surface area (Å²) in [6.07, 6.45) is 3.03. The van der Waals surface area contributed by atoms with Crippen molar-refractivity contribution in [3.63, 3.8) is 0 Å². The van der Waals surface area contributed by atoms with E-state index in [0.29, 0.717) is 11.5 Å². The molecule has 1 spiro atoms. The van der Waals surface area contributed by atoms with Gasteiger partial charge in [0.1, 0.15) is 0 Å².